The monoisotopic (exact) mass is 299 g/mol. The number of rotatable bonds is 6. The lowest BCUT2D eigenvalue weighted by atomic mass is 10.3. The third-order valence-electron chi connectivity index (χ3n) is 3.26. The van der Waals surface area contributed by atoms with Crippen molar-refractivity contribution in [2.45, 2.75) is 0 Å². The molecule has 20 heavy (non-hydrogen) atoms. The zero-order valence-corrected chi connectivity index (χ0v) is 12.4. The summed E-state index contributed by atoms with van der Waals surface area (Å²) < 4.78 is 31.9. The number of benzene rings is 1. The zero-order valence-electron chi connectivity index (χ0n) is 11.6. The summed E-state index contributed by atoms with van der Waals surface area (Å²) in [5.74, 6) is 0.614. The van der Waals surface area contributed by atoms with E-state index < -0.39 is 10.0 Å². The Hall–Kier alpha value is -1.31. The summed E-state index contributed by atoms with van der Waals surface area (Å²) in [6.07, 6.45) is 0. The first kappa shape index (κ1) is 15.1. The van der Waals surface area contributed by atoms with E-state index in [1.165, 1.54) is 7.11 Å². The fourth-order valence-corrected chi connectivity index (χ4v) is 3.24. The Kier molecular flexibility index (Phi) is 5.22. The summed E-state index contributed by atoms with van der Waals surface area (Å²) in [5.41, 5.74) is 0.482. The molecular weight excluding hydrogens is 278 g/mol. The summed E-state index contributed by atoms with van der Waals surface area (Å²) in [6, 6.07) is 7.00. The number of nitrogens with one attached hydrogen (secondary N) is 2. The maximum absolute atomic E-state index is 12.1. The number of hydrogen-bond acceptors (Lipinski definition) is 5. The second-order valence-corrected chi connectivity index (χ2v) is 6.55. The molecule has 1 aromatic rings. The molecular formula is C13H21N3O3S. The van der Waals surface area contributed by atoms with Crippen LogP contribution in [0.3, 0.4) is 0 Å². The van der Waals surface area contributed by atoms with E-state index in [1.807, 2.05) is 0 Å². The van der Waals surface area contributed by atoms with Gasteiger partial charge >= 0.3 is 0 Å². The van der Waals surface area contributed by atoms with Crippen molar-refractivity contribution in [1.82, 2.24) is 10.2 Å². The fourth-order valence-electron chi connectivity index (χ4n) is 2.13. The van der Waals surface area contributed by atoms with Crippen molar-refractivity contribution >= 4 is 15.7 Å². The lowest BCUT2D eigenvalue weighted by molar-refractivity contribution is 0.254. The van der Waals surface area contributed by atoms with Crippen molar-refractivity contribution in [2.75, 3.05) is 50.3 Å². The molecule has 0 spiro atoms. The smallest absolute Gasteiger partial charge is 0.234 e. The molecule has 2 N–H and O–H groups in total. The summed E-state index contributed by atoms with van der Waals surface area (Å²) in [5, 5.41) is 3.24. The van der Waals surface area contributed by atoms with Crippen molar-refractivity contribution in [3.8, 4) is 5.75 Å². The highest BCUT2D eigenvalue weighted by Crippen LogP contribution is 2.24. The summed E-state index contributed by atoms with van der Waals surface area (Å²) in [6.45, 7) is 4.17. The molecule has 0 saturated carbocycles. The van der Waals surface area contributed by atoms with Gasteiger partial charge in [-0.1, -0.05) is 12.1 Å². The molecule has 0 amide bonds. The Balaban J connectivity index is 1.93. The van der Waals surface area contributed by atoms with Gasteiger partial charge in [0.15, 0.2) is 0 Å². The highest BCUT2D eigenvalue weighted by Gasteiger charge is 2.16. The highest BCUT2D eigenvalue weighted by molar-refractivity contribution is 7.92. The van der Waals surface area contributed by atoms with Crippen LogP contribution in [-0.4, -0.2) is 58.9 Å². The van der Waals surface area contributed by atoms with Gasteiger partial charge < -0.3 is 10.1 Å². The van der Waals surface area contributed by atoms with Gasteiger partial charge in [-0.15, -0.1) is 0 Å². The van der Waals surface area contributed by atoms with Crippen molar-refractivity contribution in [2.24, 2.45) is 0 Å². The maximum Gasteiger partial charge on any atom is 0.234 e. The SMILES string of the molecule is COc1ccccc1NS(=O)(=O)CCN1CCNCC1. The molecule has 0 aliphatic carbocycles. The molecule has 0 unspecified atom stereocenters. The van der Waals surface area contributed by atoms with Crippen molar-refractivity contribution < 1.29 is 13.2 Å². The van der Waals surface area contributed by atoms with Crippen LogP contribution >= 0.6 is 0 Å². The molecule has 1 saturated heterocycles. The molecule has 6 nitrogen and oxygen atoms in total. The van der Waals surface area contributed by atoms with Crippen LogP contribution in [0.2, 0.25) is 0 Å². The summed E-state index contributed by atoms with van der Waals surface area (Å²) >= 11 is 0. The lowest BCUT2D eigenvalue weighted by Crippen LogP contribution is -2.45. The van der Waals surface area contributed by atoms with Crippen LogP contribution in [0.5, 0.6) is 5.75 Å². The van der Waals surface area contributed by atoms with Gasteiger partial charge in [-0.25, -0.2) is 8.42 Å². The highest BCUT2D eigenvalue weighted by atomic mass is 32.2. The quantitative estimate of drug-likeness (QED) is 0.793. The predicted molar refractivity (Wildman–Crippen MR) is 79.7 cm³/mol. The van der Waals surface area contributed by atoms with Crippen LogP contribution < -0.4 is 14.8 Å². The molecule has 0 bridgehead atoms. The molecule has 0 atom stereocenters. The Morgan fingerprint density at radius 2 is 2.00 bits per heavy atom. The van der Waals surface area contributed by atoms with Crippen molar-refractivity contribution in [1.29, 1.82) is 0 Å². The van der Waals surface area contributed by atoms with Crippen LogP contribution in [-0.2, 0) is 10.0 Å². The van der Waals surface area contributed by atoms with E-state index in [1.54, 1.807) is 24.3 Å². The largest absolute Gasteiger partial charge is 0.495 e. The number of hydrogen-bond donors (Lipinski definition) is 2. The average molecular weight is 299 g/mol. The van der Waals surface area contributed by atoms with Gasteiger partial charge in [0.25, 0.3) is 0 Å². The minimum atomic E-state index is -3.36. The van der Waals surface area contributed by atoms with Crippen LogP contribution in [0.4, 0.5) is 5.69 Å². The van der Waals surface area contributed by atoms with Crippen molar-refractivity contribution in [3.63, 3.8) is 0 Å². The van der Waals surface area contributed by atoms with E-state index in [-0.39, 0.29) is 5.75 Å². The first-order valence-corrected chi connectivity index (χ1v) is 8.32. The van der Waals surface area contributed by atoms with Crippen molar-refractivity contribution in [3.05, 3.63) is 24.3 Å². The van der Waals surface area contributed by atoms with Gasteiger partial charge in [0.05, 0.1) is 18.6 Å². The Bertz CT molecular complexity index is 527. The molecule has 0 aromatic heterocycles. The van der Waals surface area contributed by atoms with E-state index in [9.17, 15) is 8.42 Å². The number of sulfonamides is 1. The van der Waals surface area contributed by atoms with E-state index in [4.69, 9.17) is 4.74 Å². The molecule has 1 fully saturated rings. The third kappa shape index (κ3) is 4.36. The lowest BCUT2D eigenvalue weighted by Gasteiger charge is -2.27. The molecule has 7 heteroatoms. The zero-order chi connectivity index (χ0) is 14.4. The minimum Gasteiger partial charge on any atom is -0.495 e. The molecule has 1 aliphatic rings. The van der Waals surface area contributed by atoms with Crippen LogP contribution in [0, 0.1) is 0 Å². The Morgan fingerprint density at radius 3 is 2.70 bits per heavy atom. The van der Waals surface area contributed by atoms with Gasteiger partial charge in [0.1, 0.15) is 5.75 Å². The van der Waals surface area contributed by atoms with Gasteiger partial charge in [-0.2, -0.15) is 0 Å². The molecule has 2 rings (SSSR count). The topological polar surface area (TPSA) is 70.7 Å². The standard InChI is InChI=1S/C13H21N3O3S/c1-19-13-5-3-2-4-12(13)15-20(17,18)11-10-16-8-6-14-7-9-16/h2-5,14-15H,6-11H2,1H3. The van der Waals surface area contributed by atoms with E-state index in [0.29, 0.717) is 18.0 Å². The summed E-state index contributed by atoms with van der Waals surface area (Å²) in [4.78, 5) is 2.15. The first-order valence-electron chi connectivity index (χ1n) is 6.67. The molecule has 1 heterocycles. The van der Waals surface area contributed by atoms with Gasteiger partial charge in [0.2, 0.25) is 10.0 Å². The predicted octanol–water partition coefficient (Wildman–Crippen LogP) is 0.342. The Labute approximate surface area is 120 Å². The van der Waals surface area contributed by atoms with Gasteiger partial charge in [-0.3, -0.25) is 9.62 Å². The Morgan fingerprint density at radius 1 is 1.30 bits per heavy atom. The number of nitrogens with zero attached hydrogens (tertiary/aromatic N) is 1. The molecule has 1 aliphatic heterocycles. The number of anilines is 1. The number of piperazine rings is 1. The number of para-hydroxylation sites is 2. The molecule has 0 radical (unpaired) electrons. The van der Waals surface area contributed by atoms with Crippen LogP contribution in [0.15, 0.2) is 24.3 Å². The summed E-state index contributed by atoms with van der Waals surface area (Å²) in [7, 11) is -1.84. The van der Waals surface area contributed by atoms with E-state index >= 15 is 0 Å². The number of ether oxygens (including phenoxy) is 1. The van der Waals surface area contributed by atoms with E-state index in [0.717, 1.165) is 26.2 Å². The maximum atomic E-state index is 12.1. The van der Waals surface area contributed by atoms with Crippen LogP contribution in [0.1, 0.15) is 0 Å². The molecule has 1 aromatic carbocycles. The normalized spacial score (nSPS) is 16.9. The van der Waals surface area contributed by atoms with Crippen LogP contribution in [0.25, 0.3) is 0 Å². The molecule has 112 valence electrons. The fraction of sp³-hybridized carbons (Fsp3) is 0.538. The van der Waals surface area contributed by atoms with Gasteiger partial charge in [0, 0.05) is 32.7 Å². The first-order chi connectivity index (χ1) is 9.61. The minimum absolute atomic E-state index is 0.0883. The van der Waals surface area contributed by atoms with E-state index in [2.05, 4.69) is 14.9 Å². The van der Waals surface area contributed by atoms with Gasteiger partial charge in [-0.05, 0) is 12.1 Å². The average Bonchev–Trinajstić information content (AvgIpc) is 2.47. The third-order valence-corrected chi connectivity index (χ3v) is 4.51. The second-order valence-electron chi connectivity index (χ2n) is 4.71. The number of methoxy groups -OCH3 is 1. The second kappa shape index (κ2) is 6.92.